The fourth-order valence-electron chi connectivity index (χ4n) is 2.31. The van der Waals surface area contributed by atoms with Crippen LogP contribution in [0, 0.1) is 12.8 Å². The summed E-state index contributed by atoms with van der Waals surface area (Å²) >= 11 is 0. The van der Waals surface area contributed by atoms with Crippen molar-refractivity contribution in [3.63, 3.8) is 0 Å². The van der Waals surface area contributed by atoms with Gasteiger partial charge < -0.3 is 10.1 Å². The molecule has 0 fully saturated rings. The summed E-state index contributed by atoms with van der Waals surface area (Å²) in [4.78, 5) is 0. The molecule has 1 heterocycles. The maximum absolute atomic E-state index is 5.40. The molecule has 21 heavy (non-hydrogen) atoms. The monoisotopic (exact) mass is 287 g/mol. The number of methoxy groups -OCH3 is 1. The van der Waals surface area contributed by atoms with E-state index in [2.05, 4.69) is 37.3 Å². The number of hydrogen-bond donors (Lipinski definition) is 1. The zero-order valence-corrected chi connectivity index (χ0v) is 13.4. The summed E-state index contributed by atoms with van der Waals surface area (Å²) in [5.41, 5.74) is 3.61. The van der Waals surface area contributed by atoms with E-state index in [0.717, 1.165) is 30.9 Å². The van der Waals surface area contributed by atoms with E-state index in [-0.39, 0.29) is 0 Å². The third-order valence-electron chi connectivity index (χ3n) is 3.59. The summed E-state index contributed by atoms with van der Waals surface area (Å²) in [5, 5.41) is 7.97. The van der Waals surface area contributed by atoms with Crippen molar-refractivity contribution in [3.05, 3.63) is 47.3 Å². The summed E-state index contributed by atoms with van der Waals surface area (Å²) in [6.45, 7) is 9.18. The highest BCUT2D eigenvalue weighted by atomic mass is 16.5. The molecule has 0 atom stereocenters. The molecule has 0 radical (unpaired) electrons. The highest BCUT2D eigenvalue weighted by molar-refractivity contribution is 5.33. The number of hydrogen-bond acceptors (Lipinski definition) is 3. The molecule has 0 unspecified atom stereocenters. The Morgan fingerprint density at radius 3 is 2.71 bits per heavy atom. The maximum Gasteiger partial charge on any atom is 0.123 e. The zero-order chi connectivity index (χ0) is 15.2. The molecule has 0 saturated heterocycles. The number of para-hydroxylation sites is 1. The number of aromatic nitrogens is 2. The Kier molecular flexibility index (Phi) is 5.39. The Morgan fingerprint density at radius 1 is 1.24 bits per heavy atom. The molecule has 0 saturated carbocycles. The van der Waals surface area contributed by atoms with Crippen LogP contribution in [-0.4, -0.2) is 23.4 Å². The van der Waals surface area contributed by atoms with E-state index < -0.39 is 0 Å². The SMILES string of the molecule is COc1ccccc1Cn1ncc(CNCC(C)C)c1C. The molecule has 2 rings (SSSR count). The van der Waals surface area contributed by atoms with E-state index in [0.29, 0.717) is 5.92 Å². The average molecular weight is 287 g/mol. The van der Waals surface area contributed by atoms with Crippen molar-refractivity contribution in [2.24, 2.45) is 5.92 Å². The predicted octanol–water partition coefficient (Wildman–Crippen LogP) is 2.99. The second-order valence-electron chi connectivity index (χ2n) is 5.75. The van der Waals surface area contributed by atoms with E-state index in [1.807, 2.05) is 29.1 Å². The molecule has 2 aromatic rings. The van der Waals surface area contributed by atoms with Crippen LogP contribution >= 0.6 is 0 Å². The van der Waals surface area contributed by atoms with Gasteiger partial charge in [0.1, 0.15) is 5.75 Å². The van der Waals surface area contributed by atoms with Crippen LogP contribution < -0.4 is 10.1 Å². The Balaban J connectivity index is 2.06. The van der Waals surface area contributed by atoms with Crippen molar-refractivity contribution in [1.29, 1.82) is 0 Å². The largest absolute Gasteiger partial charge is 0.496 e. The second-order valence-corrected chi connectivity index (χ2v) is 5.75. The highest BCUT2D eigenvalue weighted by Gasteiger charge is 2.09. The summed E-state index contributed by atoms with van der Waals surface area (Å²) < 4.78 is 7.43. The molecular weight excluding hydrogens is 262 g/mol. The smallest absolute Gasteiger partial charge is 0.123 e. The third kappa shape index (κ3) is 4.08. The lowest BCUT2D eigenvalue weighted by molar-refractivity contribution is 0.407. The molecule has 0 amide bonds. The van der Waals surface area contributed by atoms with Crippen molar-refractivity contribution >= 4 is 0 Å². The van der Waals surface area contributed by atoms with Crippen LogP contribution in [0.15, 0.2) is 30.5 Å². The summed E-state index contributed by atoms with van der Waals surface area (Å²) in [6.07, 6.45) is 1.96. The van der Waals surface area contributed by atoms with Crippen molar-refractivity contribution in [1.82, 2.24) is 15.1 Å². The van der Waals surface area contributed by atoms with Crippen LogP contribution in [0.4, 0.5) is 0 Å². The minimum absolute atomic E-state index is 0.661. The molecule has 4 nitrogen and oxygen atoms in total. The minimum Gasteiger partial charge on any atom is -0.496 e. The van der Waals surface area contributed by atoms with Crippen molar-refractivity contribution in [2.45, 2.75) is 33.9 Å². The molecule has 0 bridgehead atoms. The molecule has 114 valence electrons. The van der Waals surface area contributed by atoms with Crippen LogP contribution in [0.5, 0.6) is 5.75 Å². The Morgan fingerprint density at radius 2 is 2.00 bits per heavy atom. The molecule has 4 heteroatoms. The van der Waals surface area contributed by atoms with Gasteiger partial charge in [0, 0.05) is 23.4 Å². The summed E-state index contributed by atoms with van der Waals surface area (Å²) in [6, 6.07) is 8.08. The normalized spacial score (nSPS) is 11.1. The first kappa shape index (κ1) is 15.6. The molecule has 1 aromatic heterocycles. The standard InChI is InChI=1S/C17H25N3O/c1-13(2)9-18-10-16-11-19-20(14(16)3)12-15-7-5-6-8-17(15)21-4/h5-8,11,13,18H,9-10,12H2,1-4H3. The van der Waals surface area contributed by atoms with Gasteiger partial charge in [0.2, 0.25) is 0 Å². The minimum atomic E-state index is 0.661. The molecular formula is C17H25N3O. The van der Waals surface area contributed by atoms with Gasteiger partial charge in [-0.2, -0.15) is 5.10 Å². The molecule has 0 aliphatic heterocycles. The maximum atomic E-state index is 5.40. The first-order valence-corrected chi connectivity index (χ1v) is 7.45. The van der Waals surface area contributed by atoms with E-state index in [1.165, 1.54) is 11.3 Å². The van der Waals surface area contributed by atoms with Crippen molar-refractivity contribution < 1.29 is 4.74 Å². The molecule has 1 aromatic carbocycles. The van der Waals surface area contributed by atoms with Crippen LogP contribution in [0.25, 0.3) is 0 Å². The van der Waals surface area contributed by atoms with Gasteiger partial charge in [-0.05, 0) is 25.5 Å². The number of ether oxygens (including phenoxy) is 1. The van der Waals surface area contributed by atoms with Gasteiger partial charge in [0.15, 0.2) is 0 Å². The Labute approximate surface area is 127 Å². The van der Waals surface area contributed by atoms with Crippen LogP contribution in [0.1, 0.15) is 30.7 Å². The molecule has 0 aliphatic rings. The van der Waals surface area contributed by atoms with Gasteiger partial charge in [0.05, 0.1) is 19.9 Å². The number of nitrogens with zero attached hydrogens (tertiary/aromatic N) is 2. The summed E-state index contributed by atoms with van der Waals surface area (Å²) in [7, 11) is 1.70. The van der Waals surface area contributed by atoms with E-state index in [4.69, 9.17) is 4.74 Å². The van der Waals surface area contributed by atoms with E-state index >= 15 is 0 Å². The van der Waals surface area contributed by atoms with Crippen molar-refractivity contribution in [2.75, 3.05) is 13.7 Å². The first-order chi connectivity index (χ1) is 10.1. The molecule has 1 N–H and O–H groups in total. The first-order valence-electron chi connectivity index (χ1n) is 7.45. The van der Waals surface area contributed by atoms with Gasteiger partial charge in [-0.25, -0.2) is 0 Å². The average Bonchev–Trinajstić information content (AvgIpc) is 2.81. The summed E-state index contributed by atoms with van der Waals surface area (Å²) in [5.74, 6) is 1.57. The fourth-order valence-corrected chi connectivity index (χ4v) is 2.31. The van der Waals surface area contributed by atoms with Gasteiger partial charge in [-0.1, -0.05) is 32.0 Å². The van der Waals surface area contributed by atoms with Gasteiger partial charge in [-0.3, -0.25) is 4.68 Å². The Hall–Kier alpha value is -1.81. The molecule has 0 aliphatic carbocycles. The Bertz CT molecular complexity index is 575. The van der Waals surface area contributed by atoms with Crippen LogP contribution in [-0.2, 0) is 13.1 Å². The lowest BCUT2D eigenvalue weighted by atomic mass is 10.2. The number of nitrogens with one attached hydrogen (secondary N) is 1. The predicted molar refractivity (Wildman–Crippen MR) is 85.6 cm³/mol. The number of benzene rings is 1. The lowest BCUT2D eigenvalue weighted by Crippen LogP contribution is -2.19. The third-order valence-corrected chi connectivity index (χ3v) is 3.59. The quantitative estimate of drug-likeness (QED) is 0.851. The van der Waals surface area contributed by atoms with Crippen LogP contribution in [0.3, 0.4) is 0 Å². The van der Waals surface area contributed by atoms with E-state index in [9.17, 15) is 0 Å². The molecule has 0 spiro atoms. The topological polar surface area (TPSA) is 39.1 Å². The van der Waals surface area contributed by atoms with Crippen LogP contribution in [0.2, 0.25) is 0 Å². The van der Waals surface area contributed by atoms with E-state index in [1.54, 1.807) is 7.11 Å². The van der Waals surface area contributed by atoms with Gasteiger partial charge in [0.25, 0.3) is 0 Å². The fraction of sp³-hybridized carbons (Fsp3) is 0.471. The van der Waals surface area contributed by atoms with Crippen molar-refractivity contribution in [3.8, 4) is 5.75 Å². The zero-order valence-electron chi connectivity index (χ0n) is 13.4. The van der Waals surface area contributed by atoms with Gasteiger partial charge in [-0.15, -0.1) is 0 Å². The van der Waals surface area contributed by atoms with Gasteiger partial charge >= 0.3 is 0 Å². The number of rotatable bonds is 7. The lowest BCUT2D eigenvalue weighted by Gasteiger charge is -2.10. The highest BCUT2D eigenvalue weighted by Crippen LogP contribution is 2.19. The second kappa shape index (κ2) is 7.27.